The first kappa shape index (κ1) is 22.9. The van der Waals surface area contributed by atoms with E-state index in [1.807, 2.05) is 0 Å². The maximum atomic E-state index is 13.5. The molecule has 0 radical (unpaired) electrons. The van der Waals surface area contributed by atoms with Crippen molar-refractivity contribution in [3.8, 4) is 0 Å². The van der Waals surface area contributed by atoms with Crippen molar-refractivity contribution in [2.24, 2.45) is 0 Å². The minimum atomic E-state index is -1.79. The molecule has 0 fully saturated rings. The van der Waals surface area contributed by atoms with Crippen LogP contribution in [0.3, 0.4) is 0 Å². The largest absolute Gasteiger partial charge is 0.507 e. The van der Waals surface area contributed by atoms with Crippen LogP contribution in [0.5, 0.6) is 0 Å². The zero-order chi connectivity index (χ0) is 23.4. The van der Waals surface area contributed by atoms with Crippen molar-refractivity contribution in [1.82, 2.24) is 4.57 Å². The smallest absolute Gasteiger partial charge is 0.376 e. The first-order chi connectivity index (χ1) is 15.1. The van der Waals surface area contributed by atoms with E-state index in [1.165, 1.54) is 59.3 Å². The number of aromatic nitrogens is 1. The summed E-state index contributed by atoms with van der Waals surface area (Å²) < 4.78 is 27.9. The highest BCUT2D eigenvalue weighted by Gasteiger charge is 2.16. The number of carbonyl (C=O) groups is 2. The molecule has 0 aliphatic heterocycles. The van der Waals surface area contributed by atoms with Crippen LogP contribution in [0.1, 0.15) is 22.3 Å². The topological polar surface area (TPSA) is 96.6 Å². The summed E-state index contributed by atoms with van der Waals surface area (Å²) in [5.41, 5.74) is 0.701. The van der Waals surface area contributed by atoms with Crippen molar-refractivity contribution in [1.29, 1.82) is 0 Å². The van der Waals surface area contributed by atoms with Gasteiger partial charge in [0.15, 0.2) is 0 Å². The lowest BCUT2D eigenvalue weighted by molar-refractivity contribution is -0.146. The average Bonchev–Trinajstić information content (AvgIpc) is 2.74. The Morgan fingerprint density at radius 2 is 1.62 bits per heavy atom. The molecule has 0 bridgehead atoms. The van der Waals surface area contributed by atoms with Crippen LogP contribution in [0.15, 0.2) is 65.6 Å². The molecule has 0 saturated carbocycles. The number of aliphatic carboxylic acids is 1. The summed E-state index contributed by atoms with van der Waals surface area (Å²) in [6.45, 7) is 0.0181. The van der Waals surface area contributed by atoms with Crippen LogP contribution in [-0.4, -0.2) is 26.5 Å². The number of nitrogens with zero attached hydrogens (tertiary/aromatic N) is 1. The summed E-state index contributed by atoms with van der Waals surface area (Å²) in [5, 5.41) is 18.9. The fraction of sp³-hybridized carbons (Fsp3) is 0.0870. The normalized spacial score (nSPS) is 11.4. The molecule has 9 heteroatoms. The second-order valence-electron chi connectivity index (χ2n) is 6.95. The lowest BCUT2D eigenvalue weighted by Crippen LogP contribution is -2.25. The molecule has 0 unspecified atom stereocenters. The number of carboxylic acids is 1. The van der Waals surface area contributed by atoms with E-state index >= 15 is 0 Å². The molecule has 3 aromatic rings. The number of benzene rings is 2. The molecule has 0 aliphatic carbocycles. The lowest BCUT2D eigenvalue weighted by atomic mass is 10.0. The number of rotatable bonds is 7. The van der Waals surface area contributed by atoms with E-state index in [2.05, 4.69) is 0 Å². The molecular formula is C23H16ClF2NO5. The fourth-order valence-electron chi connectivity index (χ4n) is 3.03. The zero-order valence-electron chi connectivity index (χ0n) is 16.4. The summed E-state index contributed by atoms with van der Waals surface area (Å²) in [5.74, 6) is -5.04. The van der Waals surface area contributed by atoms with Gasteiger partial charge < -0.3 is 14.8 Å². The van der Waals surface area contributed by atoms with E-state index in [0.717, 1.165) is 0 Å². The van der Waals surface area contributed by atoms with Gasteiger partial charge in [-0.15, -0.1) is 0 Å². The molecule has 0 spiro atoms. The second kappa shape index (κ2) is 9.57. The van der Waals surface area contributed by atoms with Gasteiger partial charge in [-0.3, -0.25) is 9.59 Å². The van der Waals surface area contributed by atoms with Gasteiger partial charge in [-0.05, 0) is 53.4 Å². The molecule has 164 valence electrons. The summed E-state index contributed by atoms with van der Waals surface area (Å²) in [4.78, 5) is 35.1. The number of pyridine rings is 1. The monoisotopic (exact) mass is 459 g/mol. The number of carboxylic acid groups (broad SMARTS) is 1. The van der Waals surface area contributed by atoms with Crippen molar-refractivity contribution in [2.45, 2.75) is 13.0 Å². The number of aliphatic hydroxyl groups is 1. The van der Waals surface area contributed by atoms with Gasteiger partial charge in [0.05, 0.1) is 17.1 Å². The van der Waals surface area contributed by atoms with Gasteiger partial charge in [0, 0.05) is 12.3 Å². The molecule has 2 aromatic carbocycles. The first-order valence-electron chi connectivity index (χ1n) is 9.24. The van der Waals surface area contributed by atoms with Crippen LogP contribution in [0.25, 0.3) is 5.76 Å². The third-order valence-corrected chi connectivity index (χ3v) is 4.85. The first-order valence-corrected chi connectivity index (χ1v) is 9.62. The minimum Gasteiger partial charge on any atom is -0.507 e. The Kier molecular flexibility index (Phi) is 6.85. The average molecular weight is 460 g/mol. The van der Waals surface area contributed by atoms with Crippen molar-refractivity contribution in [3.05, 3.63) is 110 Å². The second-order valence-corrected chi connectivity index (χ2v) is 7.35. The van der Waals surface area contributed by atoms with Crippen LogP contribution in [-0.2, 0) is 22.6 Å². The molecule has 1 aromatic heterocycles. The molecule has 0 saturated heterocycles. The van der Waals surface area contributed by atoms with E-state index in [-0.39, 0.29) is 23.6 Å². The van der Waals surface area contributed by atoms with Gasteiger partial charge in [-0.1, -0.05) is 29.8 Å². The van der Waals surface area contributed by atoms with Crippen molar-refractivity contribution < 1.29 is 28.6 Å². The van der Waals surface area contributed by atoms with Crippen LogP contribution < -0.4 is 5.56 Å². The predicted octanol–water partition coefficient (Wildman–Crippen LogP) is 3.97. The summed E-state index contributed by atoms with van der Waals surface area (Å²) in [6, 6.07) is 10.8. The molecule has 0 atom stereocenters. The number of halogens is 3. The zero-order valence-corrected chi connectivity index (χ0v) is 17.1. The fourth-order valence-corrected chi connectivity index (χ4v) is 3.23. The molecule has 0 amide bonds. The summed E-state index contributed by atoms with van der Waals surface area (Å²) in [6.07, 6.45) is 2.13. The lowest BCUT2D eigenvalue weighted by Gasteiger charge is -2.12. The van der Waals surface area contributed by atoms with Crippen LogP contribution in [0.4, 0.5) is 8.78 Å². The molecule has 0 aliphatic rings. The van der Waals surface area contributed by atoms with E-state index < -0.39 is 34.7 Å². The Hall–Kier alpha value is -3.78. The Morgan fingerprint density at radius 1 is 0.969 bits per heavy atom. The van der Waals surface area contributed by atoms with Crippen LogP contribution >= 0.6 is 11.6 Å². The van der Waals surface area contributed by atoms with Gasteiger partial charge in [0.1, 0.15) is 17.4 Å². The van der Waals surface area contributed by atoms with E-state index in [9.17, 15) is 28.3 Å². The molecule has 1 heterocycles. The molecule has 2 N–H and O–H groups in total. The molecule has 3 rings (SSSR count). The SMILES string of the molecule is O=C(O)C(=O)C=C(O)c1cc(Cc2ccc(F)c(Cl)c2)cn(Cc2ccc(F)cc2)c1=O. The Labute approximate surface area is 185 Å². The standard InChI is InChI=1S/C23H16ClF2NO5/c24-18-9-14(3-6-19(18)26)7-15-8-17(20(28)10-21(29)23(31)32)22(30)27(12-15)11-13-1-4-16(25)5-2-13/h1-6,8-10,12,28H,7,11H2,(H,31,32). The van der Waals surface area contributed by atoms with Gasteiger partial charge in [0.2, 0.25) is 0 Å². The van der Waals surface area contributed by atoms with Gasteiger partial charge in [-0.25, -0.2) is 13.6 Å². The summed E-state index contributed by atoms with van der Waals surface area (Å²) in [7, 11) is 0. The highest BCUT2D eigenvalue weighted by atomic mass is 35.5. The molecule has 6 nitrogen and oxygen atoms in total. The number of aliphatic hydroxyl groups excluding tert-OH is 1. The van der Waals surface area contributed by atoms with Crippen molar-refractivity contribution >= 4 is 29.1 Å². The Morgan fingerprint density at radius 3 is 2.25 bits per heavy atom. The number of hydrogen-bond acceptors (Lipinski definition) is 4. The maximum Gasteiger partial charge on any atom is 0.376 e. The van der Waals surface area contributed by atoms with Crippen LogP contribution in [0, 0.1) is 11.6 Å². The predicted molar refractivity (Wildman–Crippen MR) is 114 cm³/mol. The molecule has 32 heavy (non-hydrogen) atoms. The third kappa shape index (κ3) is 5.47. The minimum absolute atomic E-state index is 0.0181. The highest BCUT2D eigenvalue weighted by Crippen LogP contribution is 2.20. The molecular weight excluding hydrogens is 444 g/mol. The highest BCUT2D eigenvalue weighted by molar-refractivity contribution is 6.38. The van der Waals surface area contributed by atoms with Gasteiger partial charge in [0.25, 0.3) is 11.3 Å². The number of hydrogen-bond donors (Lipinski definition) is 2. The van der Waals surface area contributed by atoms with E-state index in [0.29, 0.717) is 22.8 Å². The Balaban J connectivity index is 2.08. The van der Waals surface area contributed by atoms with Gasteiger partial charge >= 0.3 is 5.97 Å². The van der Waals surface area contributed by atoms with Gasteiger partial charge in [-0.2, -0.15) is 0 Å². The number of ketones is 1. The van der Waals surface area contributed by atoms with E-state index in [4.69, 9.17) is 16.7 Å². The van der Waals surface area contributed by atoms with Crippen molar-refractivity contribution in [3.63, 3.8) is 0 Å². The quantitative estimate of drug-likeness (QED) is 0.316. The van der Waals surface area contributed by atoms with Crippen LogP contribution in [0.2, 0.25) is 5.02 Å². The Bertz CT molecular complexity index is 1280. The number of carbonyl (C=O) groups excluding carboxylic acids is 1. The third-order valence-electron chi connectivity index (χ3n) is 4.56. The maximum absolute atomic E-state index is 13.5. The van der Waals surface area contributed by atoms with E-state index in [1.54, 1.807) is 0 Å². The summed E-state index contributed by atoms with van der Waals surface area (Å²) >= 11 is 5.82. The van der Waals surface area contributed by atoms with Crippen molar-refractivity contribution in [2.75, 3.05) is 0 Å².